The number of rotatable bonds is 12. The van der Waals surface area contributed by atoms with E-state index in [1.807, 2.05) is 60.7 Å². The molecule has 0 radical (unpaired) electrons. The minimum Gasteiger partial charge on any atom is -0.534 e. The molecule has 0 bridgehead atoms. The smallest absolute Gasteiger partial charge is 0.321 e. The zero-order valence-electron chi connectivity index (χ0n) is 26.4. The first-order valence-electron chi connectivity index (χ1n) is 15.3. The van der Waals surface area contributed by atoms with E-state index in [1.165, 1.54) is 6.07 Å². The van der Waals surface area contributed by atoms with Crippen LogP contribution in [0.1, 0.15) is 19.4 Å². The van der Waals surface area contributed by atoms with Gasteiger partial charge >= 0.3 is 8.32 Å². The Bertz CT molecular complexity index is 1930. The highest BCUT2D eigenvalue weighted by Crippen LogP contribution is 2.41. The van der Waals surface area contributed by atoms with Gasteiger partial charge in [0.15, 0.2) is 11.5 Å². The number of pyridine rings is 2. The molecular weight excluding hydrogens is 629 g/mol. The third kappa shape index (κ3) is 6.52. The van der Waals surface area contributed by atoms with Gasteiger partial charge in [-0.2, -0.15) is 0 Å². The molecule has 2 heterocycles. The largest absolute Gasteiger partial charge is 0.534 e. The fourth-order valence-corrected chi connectivity index (χ4v) is 10.8. The second-order valence-corrected chi connectivity index (χ2v) is 16.2. The SMILES string of the molecule is COc1cc2c(Nc3ccc(O[Si](c4ccccc4)(c4ccccc4)C(C)(C)CCl)cc3F)ccnc2cc1OCc1ccncc1. The molecule has 0 fully saturated rings. The molecule has 0 saturated heterocycles. The van der Waals surface area contributed by atoms with Gasteiger partial charge in [-0.1, -0.05) is 74.5 Å². The van der Waals surface area contributed by atoms with Crippen LogP contribution in [0.2, 0.25) is 5.04 Å². The van der Waals surface area contributed by atoms with Crippen molar-refractivity contribution in [3.05, 3.63) is 139 Å². The monoisotopic (exact) mass is 663 g/mol. The Hall–Kier alpha value is -4.92. The van der Waals surface area contributed by atoms with E-state index in [0.29, 0.717) is 46.6 Å². The summed E-state index contributed by atoms with van der Waals surface area (Å²) in [5.41, 5.74) is 2.62. The predicted octanol–water partition coefficient (Wildman–Crippen LogP) is 8.26. The molecule has 0 aliphatic heterocycles. The molecule has 0 amide bonds. The van der Waals surface area contributed by atoms with Crippen LogP contribution in [0, 0.1) is 5.82 Å². The van der Waals surface area contributed by atoms with Gasteiger partial charge in [0.05, 0.1) is 18.3 Å². The number of halogens is 2. The van der Waals surface area contributed by atoms with Crippen LogP contribution in [0.3, 0.4) is 0 Å². The van der Waals surface area contributed by atoms with Crippen LogP contribution in [0.5, 0.6) is 17.2 Å². The van der Waals surface area contributed by atoms with Gasteiger partial charge in [-0.25, -0.2) is 4.39 Å². The second kappa shape index (κ2) is 13.8. The molecule has 0 saturated carbocycles. The van der Waals surface area contributed by atoms with E-state index >= 15 is 4.39 Å². The summed E-state index contributed by atoms with van der Waals surface area (Å²) in [6, 6.07) is 34.5. The van der Waals surface area contributed by atoms with Crippen molar-refractivity contribution in [2.24, 2.45) is 0 Å². The maximum absolute atomic E-state index is 15.9. The maximum Gasteiger partial charge on any atom is 0.321 e. The number of fused-ring (bicyclic) bond motifs is 1. The van der Waals surface area contributed by atoms with Crippen molar-refractivity contribution in [2.75, 3.05) is 18.3 Å². The van der Waals surface area contributed by atoms with Crippen LogP contribution in [0.15, 0.2) is 128 Å². The summed E-state index contributed by atoms with van der Waals surface area (Å²) < 4.78 is 34.7. The standard InChI is InChI=1S/C38H35ClFN3O3Si/c1-38(2,26-39)47(29-10-6-4-7-11-29,30-12-8-5-9-13-30)46-28-14-15-34(32(40)22-28)43-33-18-21-42-35-24-37(36(44-3)23-31(33)35)45-25-27-16-19-41-20-17-27/h4-24H,25-26H2,1-3H3,(H,42,43). The zero-order valence-corrected chi connectivity index (χ0v) is 28.2. The first kappa shape index (κ1) is 32.0. The van der Waals surface area contributed by atoms with Gasteiger partial charge in [0, 0.05) is 52.7 Å². The molecule has 0 spiro atoms. The van der Waals surface area contributed by atoms with Crippen molar-refractivity contribution in [3.8, 4) is 17.2 Å². The topological polar surface area (TPSA) is 65.5 Å². The van der Waals surface area contributed by atoms with Crippen LogP contribution in [-0.4, -0.2) is 31.3 Å². The molecule has 6 rings (SSSR count). The third-order valence-corrected chi connectivity index (χ3v) is 14.1. The van der Waals surface area contributed by atoms with E-state index in [9.17, 15) is 0 Å². The normalized spacial score (nSPS) is 11.7. The lowest BCUT2D eigenvalue weighted by Crippen LogP contribution is -2.70. The van der Waals surface area contributed by atoms with E-state index in [0.717, 1.165) is 21.3 Å². The van der Waals surface area contributed by atoms with Crippen LogP contribution < -0.4 is 29.6 Å². The highest BCUT2D eigenvalue weighted by Gasteiger charge is 2.54. The van der Waals surface area contributed by atoms with Crippen LogP contribution in [0.25, 0.3) is 10.9 Å². The number of nitrogens with zero attached hydrogens (tertiary/aromatic N) is 2. The Balaban J connectivity index is 1.32. The Morgan fingerprint density at radius 1 is 0.787 bits per heavy atom. The number of anilines is 2. The third-order valence-electron chi connectivity index (χ3n) is 8.30. The number of aromatic nitrogens is 2. The summed E-state index contributed by atoms with van der Waals surface area (Å²) >= 11 is 6.66. The van der Waals surface area contributed by atoms with Crippen molar-refractivity contribution in [2.45, 2.75) is 25.5 Å². The van der Waals surface area contributed by atoms with E-state index in [1.54, 1.807) is 43.9 Å². The Labute approximate surface area is 280 Å². The molecular formula is C38H35ClFN3O3Si. The molecule has 4 aromatic carbocycles. The minimum absolute atomic E-state index is 0.296. The molecule has 0 aliphatic carbocycles. The molecule has 9 heteroatoms. The van der Waals surface area contributed by atoms with Crippen LogP contribution >= 0.6 is 11.6 Å². The minimum atomic E-state index is -3.07. The molecule has 1 N–H and O–H groups in total. The van der Waals surface area contributed by atoms with Crippen molar-refractivity contribution in [1.29, 1.82) is 0 Å². The van der Waals surface area contributed by atoms with Crippen LogP contribution in [0.4, 0.5) is 15.8 Å². The summed E-state index contributed by atoms with van der Waals surface area (Å²) in [5.74, 6) is 1.43. The average Bonchev–Trinajstić information content (AvgIpc) is 3.11. The number of nitrogens with one attached hydrogen (secondary N) is 1. The maximum atomic E-state index is 15.9. The lowest BCUT2D eigenvalue weighted by Gasteiger charge is -2.44. The van der Waals surface area contributed by atoms with E-state index in [-0.39, 0.29) is 0 Å². The number of ether oxygens (including phenoxy) is 2. The summed E-state index contributed by atoms with van der Waals surface area (Å²) in [6.45, 7) is 4.59. The van der Waals surface area contributed by atoms with E-state index in [2.05, 4.69) is 53.4 Å². The van der Waals surface area contributed by atoms with Gasteiger partial charge in [0.25, 0.3) is 0 Å². The molecule has 2 aromatic heterocycles. The quantitative estimate of drug-likeness (QED) is 0.105. The van der Waals surface area contributed by atoms with Crippen LogP contribution in [-0.2, 0) is 6.61 Å². The number of methoxy groups -OCH3 is 1. The molecule has 0 unspecified atom stereocenters. The fourth-order valence-electron chi connectivity index (χ4n) is 5.80. The summed E-state index contributed by atoms with van der Waals surface area (Å²) in [5, 5.41) is 5.68. The van der Waals surface area contributed by atoms with Gasteiger partial charge in [0.1, 0.15) is 18.2 Å². The first-order valence-corrected chi connectivity index (χ1v) is 17.7. The van der Waals surface area contributed by atoms with Crippen molar-refractivity contribution >= 4 is 52.6 Å². The van der Waals surface area contributed by atoms with Gasteiger partial charge in [0.2, 0.25) is 0 Å². The Morgan fingerprint density at radius 3 is 2.09 bits per heavy atom. The van der Waals surface area contributed by atoms with Gasteiger partial charge in [-0.3, -0.25) is 9.97 Å². The van der Waals surface area contributed by atoms with Gasteiger partial charge in [-0.15, -0.1) is 11.6 Å². The molecule has 0 aliphatic rings. The van der Waals surface area contributed by atoms with Crippen molar-refractivity contribution in [1.82, 2.24) is 9.97 Å². The molecule has 6 aromatic rings. The fraction of sp³-hybridized carbons (Fsp3) is 0.158. The zero-order chi connectivity index (χ0) is 32.9. The number of hydrogen-bond donors (Lipinski definition) is 1. The lowest BCUT2D eigenvalue weighted by molar-refractivity contribution is 0.285. The number of benzene rings is 4. The first-order chi connectivity index (χ1) is 22.8. The summed E-state index contributed by atoms with van der Waals surface area (Å²) in [6.07, 6.45) is 5.12. The number of hydrogen-bond acceptors (Lipinski definition) is 6. The predicted molar refractivity (Wildman–Crippen MR) is 190 cm³/mol. The molecule has 238 valence electrons. The highest BCUT2D eigenvalue weighted by atomic mass is 35.5. The van der Waals surface area contributed by atoms with Crippen molar-refractivity contribution in [3.63, 3.8) is 0 Å². The average molecular weight is 664 g/mol. The van der Waals surface area contributed by atoms with E-state index in [4.69, 9.17) is 25.5 Å². The highest BCUT2D eigenvalue weighted by molar-refractivity contribution is 7.00. The number of alkyl halides is 1. The Morgan fingerprint density at radius 2 is 1.47 bits per heavy atom. The molecule has 0 atom stereocenters. The van der Waals surface area contributed by atoms with E-state index < -0.39 is 19.2 Å². The molecule has 6 nitrogen and oxygen atoms in total. The lowest BCUT2D eigenvalue weighted by atomic mass is 10.1. The van der Waals surface area contributed by atoms with Gasteiger partial charge < -0.3 is 19.2 Å². The van der Waals surface area contributed by atoms with Crippen molar-refractivity contribution < 1.29 is 18.3 Å². The molecule has 47 heavy (non-hydrogen) atoms. The van der Waals surface area contributed by atoms with Gasteiger partial charge in [-0.05, 0) is 52.3 Å². The Kier molecular flexibility index (Phi) is 9.42. The summed E-state index contributed by atoms with van der Waals surface area (Å²) in [4.78, 5) is 8.58. The summed E-state index contributed by atoms with van der Waals surface area (Å²) in [7, 11) is -1.48. The second-order valence-electron chi connectivity index (χ2n) is 11.8.